The van der Waals surface area contributed by atoms with Gasteiger partial charge in [-0.1, -0.05) is 17.7 Å². The number of amides is 1. The van der Waals surface area contributed by atoms with Gasteiger partial charge in [0, 0.05) is 42.8 Å². The molecule has 1 fully saturated rings. The maximum atomic E-state index is 16.2. The Bertz CT molecular complexity index is 1150. The minimum atomic E-state index is -3.49. The fourth-order valence-electron chi connectivity index (χ4n) is 2.57. The molecule has 0 N–H and O–H groups in total. The van der Waals surface area contributed by atoms with E-state index in [9.17, 15) is 9.18 Å². The van der Waals surface area contributed by atoms with Crippen LogP contribution in [-0.2, 0) is 6.42 Å². The van der Waals surface area contributed by atoms with Crippen molar-refractivity contribution in [3.63, 3.8) is 0 Å². The van der Waals surface area contributed by atoms with Crippen LogP contribution in [0, 0.1) is 12.7 Å². The lowest BCUT2D eigenvalue weighted by Gasteiger charge is -2.36. The molecule has 27 heavy (non-hydrogen) atoms. The number of likely N-dealkylation sites (tertiary alicyclic amines) is 1. The first-order valence-electron chi connectivity index (χ1n) is 12.8. The quantitative estimate of drug-likeness (QED) is 0.694. The Hall–Kier alpha value is -2.01. The van der Waals surface area contributed by atoms with Crippen LogP contribution in [0.2, 0.25) is 5.02 Å². The molecule has 1 amide bonds. The molecule has 1 aromatic heterocycles. The molecule has 2 aromatic rings. The third-order valence-corrected chi connectivity index (χ3v) is 4.38. The lowest BCUT2D eigenvalue weighted by molar-refractivity contribution is 0.0389. The number of carbonyl (C=O) groups excluding carboxylic acids is 1. The van der Waals surface area contributed by atoms with Crippen LogP contribution in [0.25, 0.3) is 0 Å². The zero-order valence-electron chi connectivity index (χ0n) is 23.2. The van der Waals surface area contributed by atoms with E-state index in [2.05, 4.69) is 4.98 Å². The second kappa shape index (κ2) is 8.34. The normalized spacial score (nSPS) is 29.6. The Morgan fingerprint density at radius 2 is 2.33 bits per heavy atom. The Kier molecular flexibility index (Phi) is 3.43. The molecule has 0 saturated carbocycles. The number of hydrogen-bond acceptors (Lipinski definition) is 2. The van der Waals surface area contributed by atoms with Crippen molar-refractivity contribution in [1.82, 2.24) is 9.88 Å². The second-order valence-corrected chi connectivity index (χ2v) is 6.50. The number of aryl methyl sites for hydroxylation is 2. The number of rotatable bonds is 5. The van der Waals surface area contributed by atoms with E-state index < -0.39 is 67.9 Å². The number of carbonyl (C=O) groups is 1. The van der Waals surface area contributed by atoms with Crippen molar-refractivity contribution in [3.05, 3.63) is 64.2 Å². The number of pyridine rings is 1. The van der Waals surface area contributed by atoms with Crippen LogP contribution in [0.4, 0.5) is 8.78 Å². The Balaban J connectivity index is 1.84. The Morgan fingerprint density at radius 3 is 3.04 bits per heavy atom. The number of alkyl halides is 1. The molecule has 1 aliphatic rings. The molecule has 0 aliphatic carbocycles. The van der Waals surface area contributed by atoms with E-state index in [0.717, 1.165) is 24.4 Å². The van der Waals surface area contributed by atoms with Gasteiger partial charge in [0.25, 0.3) is 5.91 Å². The molecule has 1 aromatic carbocycles. The van der Waals surface area contributed by atoms with E-state index in [4.69, 9.17) is 23.9 Å². The fourth-order valence-corrected chi connectivity index (χ4v) is 2.75. The van der Waals surface area contributed by atoms with Crippen LogP contribution in [0.5, 0.6) is 0 Å². The zero-order chi connectivity index (χ0) is 27.3. The molecule has 0 radical (unpaired) electrons. The van der Waals surface area contributed by atoms with Crippen LogP contribution in [-0.4, -0.2) is 34.5 Å². The van der Waals surface area contributed by atoms with Gasteiger partial charge in [-0.2, -0.15) is 0 Å². The van der Waals surface area contributed by atoms with Gasteiger partial charge in [0.05, 0.1) is 5.02 Å². The predicted octanol–water partition coefficient (Wildman–Crippen LogP) is 5.15. The van der Waals surface area contributed by atoms with E-state index in [1.807, 2.05) is 0 Å². The van der Waals surface area contributed by atoms with Crippen LogP contribution in [0.15, 0.2) is 36.5 Å². The smallest absolute Gasteiger partial charge is 0.253 e. The largest absolute Gasteiger partial charge is 0.338 e. The lowest BCUT2D eigenvalue weighted by Crippen LogP contribution is -2.44. The highest BCUT2D eigenvalue weighted by molar-refractivity contribution is 6.31. The van der Waals surface area contributed by atoms with Crippen LogP contribution < -0.4 is 0 Å². The summed E-state index contributed by atoms with van der Waals surface area (Å²) in [6, 6.07) is 5.52. The molecule has 1 atom stereocenters. The maximum Gasteiger partial charge on any atom is 0.253 e. The van der Waals surface area contributed by atoms with Crippen molar-refractivity contribution in [2.24, 2.45) is 0 Å². The molecule has 1 unspecified atom stereocenters. The summed E-state index contributed by atoms with van der Waals surface area (Å²) in [5.74, 6) is -1.87. The van der Waals surface area contributed by atoms with E-state index in [1.54, 1.807) is 0 Å². The Labute approximate surface area is 176 Å². The maximum absolute atomic E-state index is 16.2. The highest BCUT2D eigenvalue weighted by Gasteiger charge is 2.35. The SMILES string of the molecule is [2H]C([2H])([2H])c1ccc(CCC([2H])([2H])C2(F)CCN(C(=O)c3ccc(F)c(Cl)c3)C([2H])([2H])C2([2H])[2H])nc1. The highest BCUT2D eigenvalue weighted by atomic mass is 35.5. The molecule has 1 aliphatic heterocycles. The summed E-state index contributed by atoms with van der Waals surface area (Å²) >= 11 is 5.69. The molecule has 0 bridgehead atoms. The average molecular weight is 402 g/mol. The fraction of sp³-hybridized carbons (Fsp3) is 0.429. The summed E-state index contributed by atoms with van der Waals surface area (Å²) in [6.07, 6.45) is -6.87. The van der Waals surface area contributed by atoms with Crippen molar-refractivity contribution in [2.75, 3.05) is 13.0 Å². The number of piperidine rings is 1. The summed E-state index contributed by atoms with van der Waals surface area (Å²) in [7, 11) is 0. The van der Waals surface area contributed by atoms with Gasteiger partial charge in [0.1, 0.15) is 11.5 Å². The number of hydrogen-bond donors (Lipinski definition) is 0. The van der Waals surface area contributed by atoms with Gasteiger partial charge in [-0.05, 0) is 68.7 Å². The predicted molar refractivity (Wildman–Crippen MR) is 102 cm³/mol. The summed E-state index contributed by atoms with van der Waals surface area (Å²) < 4.78 is 102. The third kappa shape index (κ3) is 5.04. The number of halogens is 3. The molecule has 3 rings (SSSR count). The molecular weight excluding hydrogens is 370 g/mol. The lowest BCUT2D eigenvalue weighted by atomic mass is 9.87. The van der Waals surface area contributed by atoms with Crippen molar-refractivity contribution in [1.29, 1.82) is 0 Å². The van der Waals surface area contributed by atoms with E-state index >= 15 is 4.39 Å². The summed E-state index contributed by atoms with van der Waals surface area (Å²) in [4.78, 5) is 17.3. The number of benzene rings is 1. The van der Waals surface area contributed by atoms with Crippen LogP contribution in [0.3, 0.4) is 0 Å². The monoisotopic (exact) mass is 401 g/mol. The highest BCUT2D eigenvalue weighted by Crippen LogP contribution is 2.32. The van der Waals surface area contributed by atoms with Crippen molar-refractivity contribution in [2.45, 2.75) is 44.5 Å². The zero-order valence-corrected chi connectivity index (χ0v) is 15.0. The van der Waals surface area contributed by atoms with Crippen molar-refractivity contribution < 1.29 is 25.9 Å². The van der Waals surface area contributed by atoms with Gasteiger partial charge in [0.2, 0.25) is 0 Å². The van der Waals surface area contributed by atoms with E-state index in [1.165, 1.54) is 12.1 Å². The number of nitrogens with zero attached hydrogens (tertiary/aromatic N) is 2. The van der Waals surface area contributed by atoms with Gasteiger partial charge in [0.15, 0.2) is 0 Å². The first-order valence-corrected chi connectivity index (χ1v) is 8.64. The molecule has 2 heterocycles. The molecule has 0 spiro atoms. The standard InChI is InChI=1S/C21H23ClF2N2O/c1-15-4-6-17(25-14-15)3-2-8-21(24)9-11-26(12-10-21)20(27)16-5-7-19(23)18(22)13-16/h4-7,13-14H,2-3,8-12H2,1H3/i1D3,8D2,9D2,11D2. The van der Waals surface area contributed by atoms with Gasteiger partial charge >= 0.3 is 0 Å². The summed E-state index contributed by atoms with van der Waals surface area (Å²) in [5.41, 5.74) is -3.35. The first kappa shape index (κ1) is 11.1. The van der Waals surface area contributed by atoms with Gasteiger partial charge in [-0.3, -0.25) is 9.78 Å². The van der Waals surface area contributed by atoms with E-state index in [-0.39, 0.29) is 23.2 Å². The van der Waals surface area contributed by atoms with Crippen LogP contribution in [0.1, 0.15) is 59.5 Å². The minimum Gasteiger partial charge on any atom is -0.338 e. The van der Waals surface area contributed by atoms with Gasteiger partial charge in [-0.15, -0.1) is 0 Å². The van der Waals surface area contributed by atoms with Gasteiger partial charge in [-0.25, -0.2) is 8.78 Å². The topological polar surface area (TPSA) is 33.2 Å². The summed E-state index contributed by atoms with van der Waals surface area (Å²) in [5, 5.41) is -0.405. The number of aromatic nitrogens is 1. The molecular formula is C21H23ClF2N2O. The minimum absolute atomic E-state index is 0.0276. The Morgan fingerprint density at radius 1 is 1.48 bits per heavy atom. The average Bonchev–Trinajstić information content (AvgIpc) is 2.77. The van der Waals surface area contributed by atoms with Crippen LogP contribution >= 0.6 is 11.6 Å². The third-order valence-electron chi connectivity index (χ3n) is 4.09. The molecule has 1 saturated heterocycles. The second-order valence-electron chi connectivity index (χ2n) is 6.09. The van der Waals surface area contributed by atoms with Crippen molar-refractivity contribution >= 4 is 17.5 Å². The van der Waals surface area contributed by atoms with Gasteiger partial charge < -0.3 is 4.90 Å². The summed E-state index contributed by atoms with van der Waals surface area (Å²) in [6.45, 7) is -6.30. The van der Waals surface area contributed by atoms with E-state index in [0.29, 0.717) is 4.90 Å². The molecule has 6 heteroatoms. The molecule has 144 valence electrons. The first-order chi connectivity index (χ1) is 16.3. The van der Waals surface area contributed by atoms with Crippen molar-refractivity contribution in [3.8, 4) is 0 Å². The molecule has 3 nitrogen and oxygen atoms in total.